The predicted octanol–water partition coefficient (Wildman–Crippen LogP) is 3.75. The highest BCUT2D eigenvalue weighted by molar-refractivity contribution is 6.31. The summed E-state index contributed by atoms with van der Waals surface area (Å²) in [5, 5.41) is 4.02. The van der Waals surface area contributed by atoms with E-state index in [2.05, 4.69) is 5.32 Å². The number of esters is 1. The Hall–Kier alpha value is -2.74. The largest absolute Gasteiger partial charge is 0.460 e. The molecule has 0 bridgehead atoms. The van der Waals surface area contributed by atoms with Crippen LogP contribution in [0.1, 0.15) is 53.0 Å². The number of nitrogens with one attached hydrogen (secondary N) is 1. The van der Waals surface area contributed by atoms with Crippen LogP contribution in [0.25, 0.3) is 10.8 Å². The van der Waals surface area contributed by atoms with Crippen LogP contribution in [0.5, 0.6) is 0 Å². The topological polar surface area (TPSA) is 94.5 Å². The number of Topliss-reactive ketones (excluding diaryl/α,β-unsaturated/α-hetero) is 1. The molecule has 7 nitrogen and oxygen atoms in total. The minimum Gasteiger partial charge on any atom is -0.460 e. The molecule has 0 aliphatic rings. The number of carbonyl (C=O) groups excluding carboxylic acids is 3. The molecule has 0 aliphatic carbocycles. The van der Waals surface area contributed by atoms with Gasteiger partial charge in [0.2, 0.25) is 5.91 Å². The van der Waals surface area contributed by atoms with Crippen LogP contribution in [0.3, 0.4) is 0 Å². The van der Waals surface area contributed by atoms with E-state index in [1.807, 2.05) is 0 Å². The van der Waals surface area contributed by atoms with Crippen molar-refractivity contribution >= 4 is 40.0 Å². The molecule has 0 aliphatic heterocycles. The Morgan fingerprint density at radius 1 is 1.22 bits per heavy atom. The van der Waals surface area contributed by atoms with Gasteiger partial charge in [-0.25, -0.2) is 4.39 Å². The monoisotopic (exact) mass is 466 g/mol. The summed E-state index contributed by atoms with van der Waals surface area (Å²) in [6, 6.07) is 4.37. The zero-order chi connectivity index (χ0) is 24.1. The fourth-order valence-electron chi connectivity index (χ4n) is 3.32. The van der Waals surface area contributed by atoms with Gasteiger partial charge in [0.1, 0.15) is 18.3 Å². The van der Waals surface area contributed by atoms with Crippen LogP contribution in [0.2, 0.25) is 5.02 Å². The SMILES string of the molecule is CC[C@@H](C(=O)NC(CCC(=O)OC(C)(C)C)C(=O)CF)n1ccc2cc(Cl)ccc2c1=O. The molecule has 2 atom stereocenters. The molecule has 32 heavy (non-hydrogen) atoms. The van der Waals surface area contributed by atoms with Crippen molar-refractivity contribution < 1.29 is 23.5 Å². The lowest BCUT2D eigenvalue weighted by Gasteiger charge is -2.23. The molecule has 0 radical (unpaired) electrons. The van der Waals surface area contributed by atoms with Crippen LogP contribution in [0.15, 0.2) is 35.3 Å². The first-order valence-electron chi connectivity index (χ1n) is 10.4. The van der Waals surface area contributed by atoms with Gasteiger partial charge >= 0.3 is 5.97 Å². The van der Waals surface area contributed by atoms with E-state index in [0.717, 1.165) is 0 Å². The average Bonchev–Trinajstić information content (AvgIpc) is 2.71. The molecule has 0 fully saturated rings. The van der Waals surface area contributed by atoms with E-state index in [9.17, 15) is 23.6 Å². The Bertz CT molecular complexity index is 1060. The second kappa shape index (κ2) is 10.7. The molecule has 1 amide bonds. The van der Waals surface area contributed by atoms with Gasteiger partial charge in [-0.2, -0.15) is 0 Å². The molecular weight excluding hydrogens is 439 g/mol. The van der Waals surface area contributed by atoms with Gasteiger partial charge in [0, 0.05) is 23.0 Å². The number of alkyl halides is 1. The Morgan fingerprint density at radius 3 is 2.50 bits per heavy atom. The maximum absolute atomic E-state index is 13.1. The van der Waals surface area contributed by atoms with Gasteiger partial charge in [0.25, 0.3) is 5.56 Å². The van der Waals surface area contributed by atoms with Gasteiger partial charge in [-0.05, 0) is 63.3 Å². The highest BCUT2D eigenvalue weighted by Gasteiger charge is 2.27. The fraction of sp³-hybridized carbons (Fsp3) is 0.478. The summed E-state index contributed by atoms with van der Waals surface area (Å²) < 4.78 is 19.5. The van der Waals surface area contributed by atoms with Gasteiger partial charge in [0.15, 0.2) is 5.78 Å². The number of hydrogen-bond acceptors (Lipinski definition) is 5. The van der Waals surface area contributed by atoms with Crippen molar-refractivity contribution in [3.8, 4) is 0 Å². The number of pyridine rings is 1. The van der Waals surface area contributed by atoms with Crippen LogP contribution in [-0.4, -0.2) is 40.5 Å². The average molecular weight is 467 g/mol. The smallest absolute Gasteiger partial charge is 0.306 e. The maximum Gasteiger partial charge on any atom is 0.306 e. The summed E-state index contributed by atoms with van der Waals surface area (Å²) >= 11 is 5.97. The van der Waals surface area contributed by atoms with Gasteiger partial charge in [-0.3, -0.25) is 19.2 Å². The third-order valence-corrected chi connectivity index (χ3v) is 5.05. The minimum atomic E-state index is -1.28. The number of benzene rings is 1. The number of amides is 1. The molecule has 0 saturated carbocycles. The van der Waals surface area contributed by atoms with Crippen LogP contribution >= 0.6 is 11.6 Å². The molecule has 2 rings (SSSR count). The summed E-state index contributed by atoms with van der Waals surface area (Å²) in [7, 11) is 0. The predicted molar refractivity (Wildman–Crippen MR) is 121 cm³/mol. The quantitative estimate of drug-likeness (QED) is 0.568. The lowest BCUT2D eigenvalue weighted by atomic mass is 10.1. The van der Waals surface area contributed by atoms with Crippen molar-refractivity contribution in [2.75, 3.05) is 6.67 Å². The van der Waals surface area contributed by atoms with Crippen molar-refractivity contribution in [3.63, 3.8) is 0 Å². The van der Waals surface area contributed by atoms with Crippen LogP contribution in [-0.2, 0) is 19.1 Å². The molecular formula is C23H28ClFN2O5. The number of ketones is 1. The van der Waals surface area contributed by atoms with Gasteiger partial charge < -0.3 is 14.6 Å². The first-order valence-corrected chi connectivity index (χ1v) is 10.8. The van der Waals surface area contributed by atoms with Gasteiger partial charge in [-0.1, -0.05) is 18.5 Å². The number of fused-ring (bicyclic) bond motifs is 1. The Balaban J connectivity index is 2.22. The summed E-state index contributed by atoms with van der Waals surface area (Å²) in [4.78, 5) is 49.9. The number of hydrogen-bond donors (Lipinski definition) is 1. The van der Waals surface area contributed by atoms with Crippen molar-refractivity contribution in [2.24, 2.45) is 0 Å². The number of nitrogens with zero attached hydrogens (tertiary/aromatic N) is 1. The lowest BCUT2D eigenvalue weighted by Crippen LogP contribution is -2.46. The molecule has 1 aromatic heterocycles. The summed E-state index contributed by atoms with van der Waals surface area (Å²) in [5.41, 5.74) is -1.09. The summed E-state index contributed by atoms with van der Waals surface area (Å²) in [6.45, 7) is 5.55. The van der Waals surface area contributed by atoms with Gasteiger partial charge in [-0.15, -0.1) is 0 Å². The number of ether oxygens (including phenoxy) is 1. The van der Waals surface area contributed by atoms with Crippen LogP contribution in [0, 0.1) is 0 Å². The Morgan fingerprint density at radius 2 is 1.91 bits per heavy atom. The Labute approximate surface area is 190 Å². The number of halogens is 2. The normalized spacial score (nSPS) is 13.4. The van der Waals surface area contributed by atoms with E-state index in [1.165, 1.54) is 10.8 Å². The fourth-order valence-corrected chi connectivity index (χ4v) is 3.50. The molecule has 174 valence electrons. The van der Waals surface area contributed by atoms with Crippen molar-refractivity contribution in [1.82, 2.24) is 9.88 Å². The molecule has 0 spiro atoms. The zero-order valence-corrected chi connectivity index (χ0v) is 19.4. The van der Waals surface area contributed by atoms with E-state index in [0.29, 0.717) is 15.8 Å². The third-order valence-electron chi connectivity index (χ3n) is 4.81. The molecule has 1 heterocycles. The van der Waals surface area contributed by atoms with E-state index in [-0.39, 0.29) is 24.8 Å². The summed E-state index contributed by atoms with van der Waals surface area (Å²) in [6.07, 6.45) is 1.47. The second-order valence-electron chi connectivity index (χ2n) is 8.47. The molecule has 0 saturated heterocycles. The number of carbonyl (C=O) groups is 3. The molecule has 1 N–H and O–H groups in total. The minimum absolute atomic E-state index is 0.106. The molecule has 2 aromatic rings. The van der Waals surface area contributed by atoms with E-state index >= 15 is 0 Å². The first-order chi connectivity index (χ1) is 15.0. The highest BCUT2D eigenvalue weighted by atomic mass is 35.5. The molecule has 9 heteroatoms. The lowest BCUT2D eigenvalue weighted by molar-refractivity contribution is -0.155. The van der Waals surface area contributed by atoms with E-state index in [1.54, 1.807) is 52.0 Å². The van der Waals surface area contributed by atoms with E-state index in [4.69, 9.17) is 16.3 Å². The highest BCUT2D eigenvalue weighted by Crippen LogP contribution is 2.19. The van der Waals surface area contributed by atoms with Crippen molar-refractivity contribution in [2.45, 2.75) is 64.6 Å². The van der Waals surface area contributed by atoms with Crippen molar-refractivity contribution in [1.29, 1.82) is 0 Å². The zero-order valence-electron chi connectivity index (χ0n) is 18.6. The van der Waals surface area contributed by atoms with Crippen LogP contribution in [0.4, 0.5) is 4.39 Å². The molecule has 1 aromatic carbocycles. The van der Waals surface area contributed by atoms with Gasteiger partial charge in [0.05, 0.1) is 6.04 Å². The first kappa shape index (κ1) is 25.5. The standard InChI is InChI=1S/C23H28ClFN2O5/c1-5-18(27-11-10-14-12-15(24)6-7-16(14)22(27)31)21(30)26-17(19(28)13-25)8-9-20(29)32-23(2,3)4/h6-7,10-12,17-18H,5,8-9,13H2,1-4H3,(H,26,30)/t17?,18-/m0/s1. The number of aromatic nitrogens is 1. The number of rotatable bonds is 9. The third kappa shape index (κ3) is 6.63. The Kier molecular flexibility index (Phi) is 8.55. The van der Waals surface area contributed by atoms with Crippen molar-refractivity contribution in [3.05, 3.63) is 45.8 Å². The maximum atomic E-state index is 13.1. The summed E-state index contributed by atoms with van der Waals surface area (Å²) in [5.74, 6) is -2.02. The van der Waals surface area contributed by atoms with E-state index < -0.39 is 42.0 Å². The second-order valence-corrected chi connectivity index (χ2v) is 8.91. The van der Waals surface area contributed by atoms with Crippen LogP contribution < -0.4 is 10.9 Å². The molecule has 1 unspecified atom stereocenters.